The van der Waals surface area contributed by atoms with E-state index >= 15 is 0 Å². The number of hydrogen-bond acceptors (Lipinski definition) is 5. The number of hydrogen-bond donors (Lipinski definition) is 2. The fourth-order valence-electron chi connectivity index (χ4n) is 3.18. The molecule has 142 valence electrons. The molecule has 1 aromatic heterocycles. The van der Waals surface area contributed by atoms with E-state index in [1.54, 1.807) is 14.2 Å². The molecule has 3 rings (SSSR count). The van der Waals surface area contributed by atoms with Crippen molar-refractivity contribution in [2.24, 2.45) is 11.5 Å². The molecule has 0 saturated heterocycles. The Balaban J connectivity index is 2.11. The highest BCUT2D eigenvalue weighted by atomic mass is 16.5. The van der Waals surface area contributed by atoms with Crippen molar-refractivity contribution in [3.8, 4) is 28.3 Å². The van der Waals surface area contributed by atoms with Crippen molar-refractivity contribution >= 4 is 0 Å². The molecule has 0 spiro atoms. The minimum absolute atomic E-state index is 0.320. The number of rotatable bonds is 6. The molecule has 6 heteroatoms. The Morgan fingerprint density at radius 2 is 1.63 bits per heavy atom. The van der Waals surface area contributed by atoms with Gasteiger partial charge >= 0.3 is 0 Å². The molecule has 0 radical (unpaired) electrons. The minimum Gasteiger partial charge on any atom is -0.496 e. The van der Waals surface area contributed by atoms with Gasteiger partial charge in [-0.15, -0.1) is 0 Å². The summed E-state index contributed by atoms with van der Waals surface area (Å²) in [5.74, 6) is 1.69. The zero-order valence-corrected chi connectivity index (χ0v) is 16.2. The number of nitrogens with two attached hydrogens (primary N) is 2. The zero-order valence-electron chi connectivity index (χ0n) is 16.2. The molecule has 2 aromatic carbocycles. The lowest BCUT2D eigenvalue weighted by atomic mass is 10.0. The number of methoxy groups -OCH3 is 2. The molecule has 27 heavy (non-hydrogen) atoms. The van der Waals surface area contributed by atoms with Crippen LogP contribution < -0.4 is 20.9 Å². The summed E-state index contributed by atoms with van der Waals surface area (Å²) >= 11 is 0. The van der Waals surface area contributed by atoms with E-state index in [1.807, 2.05) is 55.1 Å². The van der Waals surface area contributed by atoms with Crippen molar-refractivity contribution < 1.29 is 9.47 Å². The molecule has 0 bridgehead atoms. The summed E-state index contributed by atoms with van der Waals surface area (Å²) in [5, 5.41) is 4.74. The van der Waals surface area contributed by atoms with Gasteiger partial charge in [-0.1, -0.05) is 6.07 Å². The Bertz CT molecular complexity index is 949. The van der Waals surface area contributed by atoms with Crippen LogP contribution in [0.4, 0.5) is 0 Å². The van der Waals surface area contributed by atoms with Crippen molar-refractivity contribution in [3.05, 3.63) is 59.4 Å². The third kappa shape index (κ3) is 3.67. The highest BCUT2D eigenvalue weighted by molar-refractivity contribution is 5.68. The van der Waals surface area contributed by atoms with Gasteiger partial charge in [0, 0.05) is 18.3 Å². The predicted octanol–water partition coefficient (Wildman–Crippen LogP) is 3.13. The van der Waals surface area contributed by atoms with Gasteiger partial charge in [-0.05, 0) is 60.9 Å². The molecular weight excluding hydrogens is 340 g/mol. The third-order valence-corrected chi connectivity index (χ3v) is 4.70. The summed E-state index contributed by atoms with van der Waals surface area (Å²) in [5.41, 5.74) is 17.9. The van der Waals surface area contributed by atoms with Crippen LogP contribution in [-0.2, 0) is 0 Å². The van der Waals surface area contributed by atoms with Gasteiger partial charge in [0.25, 0.3) is 0 Å². The third-order valence-electron chi connectivity index (χ3n) is 4.70. The molecule has 4 N–H and O–H groups in total. The average molecular weight is 366 g/mol. The van der Waals surface area contributed by atoms with Gasteiger partial charge in [-0.25, -0.2) is 4.68 Å². The average Bonchev–Trinajstić information content (AvgIpc) is 3.12. The summed E-state index contributed by atoms with van der Waals surface area (Å²) in [6, 6.07) is 11.6. The van der Waals surface area contributed by atoms with Crippen LogP contribution >= 0.6 is 0 Å². The van der Waals surface area contributed by atoms with Crippen molar-refractivity contribution in [3.63, 3.8) is 0 Å². The maximum Gasteiger partial charge on any atom is 0.121 e. The van der Waals surface area contributed by atoms with Gasteiger partial charge in [0.2, 0.25) is 0 Å². The Hall–Kier alpha value is -2.83. The van der Waals surface area contributed by atoms with Crippen molar-refractivity contribution in [1.82, 2.24) is 9.78 Å². The summed E-state index contributed by atoms with van der Waals surface area (Å²) in [4.78, 5) is 0. The Kier molecular flexibility index (Phi) is 5.48. The first-order valence-electron chi connectivity index (χ1n) is 8.83. The first-order chi connectivity index (χ1) is 13.0. The topological polar surface area (TPSA) is 88.3 Å². The number of aromatic nitrogens is 2. The molecular formula is C21H26N4O2. The van der Waals surface area contributed by atoms with E-state index < -0.39 is 0 Å². The molecule has 0 aliphatic heterocycles. The van der Waals surface area contributed by atoms with Crippen LogP contribution in [0, 0.1) is 13.8 Å². The van der Waals surface area contributed by atoms with Gasteiger partial charge in [0.15, 0.2) is 0 Å². The van der Waals surface area contributed by atoms with Crippen molar-refractivity contribution in [2.75, 3.05) is 20.8 Å². The minimum atomic E-state index is -0.344. The van der Waals surface area contributed by atoms with Crippen LogP contribution in [0.15, 0.2) is 42.6 Å². The van der Waals surface area contributed by atoms with Gasteiger partial charge < -0.3 is 20.9 Å². The van der Waals surface area contributed by atoms with Crippen LogP contribution in [0.1, 0.15) is 22.9 Å². The Morgan fingerprint density at radius 3 is 2.19 bits per heavy atom. The fraction of sp³-hybridized carbons (Fsp3) is 0.286. The van der Waals surface area contributed by atoms with Crippen LogP contribution in [-0.4, -0.2) is 30.5 Å². The van der Waals surface area contributed by atoms with E-state index in [0.29, 0.717) is 6.54 Å². The van der Waals surface area contributed by atoms with Gasteiger partial charge in [0.1, 0.15) is 11.5 Å². The Morgan fingerprint density at radius 1 is 1.00 bits per heavy atom. The lowest BCUT2D eigenvalue weighted by Gasteiger charge is -2.10. The van der Waals surface area contributed by atoms with E-state index in [4.69, 9.17) is 26.0 Å². The molecule has 0 fully saturated rings. The second-order valence-corrected chi connectivity index (χ2v) is 6.55. The molecule has 0 aliphatic carbocycles. The largest absolute Gasteiger partial charge is 0.496 e. The first-order valence-corrected chi connectivity index (χ1v) is 8.83. The normalized spacial score (nSPS) is 12.1. The molecule has 1 atom stereocenters. The standard InChI is InChI=1S/C21H26N4O2/c1-13-9-15(5-7-19(13)26-3)17-12-25(24-21(17)18(23)11-22)16-6-8-20(27-4)14(2)10-16/h5-10,12,18H,11,22-23H2,1-4H3. The summed E-state index contributed by atoms with van der Waals surface area (Å²) < 4.78 is 12.6. The van der Waals surface area contributed by atoms with Crippen LogP contribution in [0.5, 0.6) is 11.5 Å². The molecule has 0 aliphatic rings. The van der Waals surface area contributed by atoms with Crippen LogP contribution in [0.25, 0.3) is 16.8 Å². The van der Waals surface area contributed by atoms with E-state index in [0.717, 1.165) is 45.1 Å². The molecule has 0 amide bonds. The molecule has 1 unspecified atom stereocenters. The zero-order chi connectivity index (χ0) is 19.6. The monoisotopic (exact) mass is 366 g/mol. The maximum absolute atomic E-state index is 6.25. The van der Waals surface area contributed by atoms with E-state index in [9.17, 15) is 0 Å². The lowest BCUT2D eigenvalue weighted by Crippen LogP contribution is -2.22. The summed E-state index contributed by atoms with van der Waals surface area (Å²) in [7, 11) is 3.33. The number of benzene rings is 2. The summed E-state index contributed by atoms with van der Waals surface area (Å²) in [6.45, 7) is 4.34. The molecule has 1 heterocycles. The van der Waals surface area contributed by atoms with E-state index in [-0.39, 0.29) is 6.04 Å². The molecule has 0 saturated carbocycles. The number of ether oxygens (including phenoxy) is 2. The highest BCUT2D eigenvalue weighted by Crippen LogP contribution is 2.31. The second-order valence-electron chi connectivity index (χ2n) is 6.55. The van der Waals surface area contributed by atoms with E-state index in [1.165, 1.54) is 0 Å². The molecule has 6 nitrogen and oxygen atoms in total. The van der Waals surface area contributed by atoms with Crippen molar-refractivity contribution in [2.45, 2.75) is 19.9 Å². The van der Waals surface area contributed by atoms with Gasteiger partial charge in [-0.3, -0.25) is 0 Å². The van der Waals surface area contributed by atoms with Crippen molar-refractivity contribution in [1.29, 1.82) is 0 Å². The number of aryl methyl sites for hydroxylation is 2. The Labute approximate surface area is 159 Å². The van der Waals surface area contributed by atoms with Gasteiger partial charge in [-0.2, -0.15) is 5.10 Å². The number of nitrogens with zero attached hydrogens (tertiary/aromatic N) is 2. The smallest absolute Gasteiger partial charge is 0.121 e. The van der Waals surface area contributed by atoms with E-state index in [2.05, 4.69) is 6.07 Å². The summed E-state index contributed by atoms with van der Waals surface area (Å²) in [6.07, 6.45) is 1.99. The van der Waals surface area contributed by atoms with Crippen LogP contribution in [0.3, 0.4) is 0 Å². The quantitative estimate of drug-likeness (QED) is 0.700. The fourth-order valence-corrected chi connectivity index (χ4v) is 3.18. The van der Waals surface area contributed by atoms with Crippen LogP contribution in [0.2, 0.25) is 0 Å². The van der Waals surface area contributed by atoms with Gasteiger partial charge in [0.05, 0.1) is 31.6 Å². The second kappa shape index (κ2) is 7.82. The highest BCUT2D eigenvalue weighted by Gasteiger charge is 2.18. The molecule has 3 aromatic rings. The SMILES string of the molecule is COc1ccc(-c2cn(-c3ccc(OC)c(C)c3)nc2C(N)CN)cc1C. The first kappa shape index (κ1) is 18.9. The lowest BCUT2D eigenvalue weighted by molar-refractivity contribution is 0.411. The predicted molar refractivity (Wildman–Crippen MR) is 108 cm³/mol. The maximum atomic E-state index is 6.25.